The molecule has 0 N–H and O–H groups in total. The second kappa shape index (κ2) is 8.58. The third-order valence-electron chi connectivity index (χ3n) is 7.03. The third kappa shape index (κ3) is 4.58. The number of rotatable bonds is 4. The van der Waals surface area contributed by atoms with E-state index in [-0.39, 0.29) is 0 Å². The number of hydrogen-bond acceptors (Lipinski definition) is 2. The van der Waals surface area contributed by atoms with Gasteiger partial charge in [0.25, 0.3) is 0 Å². The molecule has 2 fully saturated rings. The molecule has 2 aliphatic rings. The lowest BCUT2D eigenvalue weighted by molar-refractivity contribution is 0.165. The average Bonchev–Trinajstić information content (AvgIpc) is 2.76. The van der Waals surface area contributed by atoms with E-state index in [0.29, 0.717) is 12.0 Å². The van der Waals surface area contributed by atoms with Gasteiger partial charge in [0.15, 0.2) is 0 Å². The lowest BCUT2D eigenvalue weighted by Gasteiger charge is -2.32. The Morgan fingerprint density at radius 2 is 1.76 bits per heavy atom. The summed E-state index contributed by atoms with van der Waals surface area (Å²) in [6, 6.07) is 7.47. The number of anilines is 1. The van der Waals surface area contributed by atoms with E-state index in [9.17, 15) is 0 Å². The first kappa shape index (κ1) is 18.8. The van der Waals surface area contributed by atoms with Crippen LogP contribution in [0.4, 0.5) is 5.69 Å². The molecule has 1 aliphatic carbocycles. The van der Waals surface area contributed by atoms with Gasteiger partial charge >= 0.3 is 0 Å². The van der Waals surface area contributed by atoms with Crippen molar-refractivity contribution in [3.8, 4) is 0 Å². The van der Waals surface area contributed by atoms with Crippen molar-refractivity contribution >= 4 is 5.69 Å². The van der Waals surface area contributed by atoms with Crippen molar-refractivity contribution in [2.75, 3.05) is 31.1 Å². The molecule has 1 aliphatic heterocycles. The highest BCUT2D eigenvalue weighted by Gasteiger charge is 2.28. The SMILES string of the molecule is Cc1cccc(N2CCN(CCC3CCCCC3)C(C)C(C)C2)c1C. The first-order valence-corrected chi connectivity index (χ1v) is 10.6. The molecular formula is C23H38N2. The minimum atomic E-state index is 0.693. The van der Waals surface area contributed by atoms with Gasteiger partial charge in [-0.1, -0.05) is 51.2 Å². The van der Waals surface area contributed by atoms with Crippen LogP contribution < -0.4 is 4.90 Å². The van der Waals surface area contributed by atoms with Gasteiger partial charge < -0.3 is 4.90 Å². The monoisotopic (exact) mass is 342 g/mol. The molecule has 1 aromatic carbocycles. The zero-order valence-electron chi connectivity index (χ0n) is 16.9. The summed E-state index contributed by atoms with van der Waals surface area (Å²) in [4.78, 5) is 5.43. The molecule has 2 nitrogen and oxygen atoms in total. The van der Waals surface area contributed by atoms with Gasteiger partial charge in [0.2, 0.25) is 0 Å². The topological polar surface area (TPSA) is 6.48 Å². The van der Waals surface area contributed by atoms with Crippen LogP contribution in [0.1, 0.15) is 63.5 Å². The Morgan fingerprint density at radius 3 is 2.52 bits per heavy atom. The molecule has 1 saturated heterocycles. The molecule has 0 spiro atoms. The van der Waals surface area contributed by atoms with Crippen molar-refractivity contribution in [3.63, 3.8) is 0 Å². The lowest BCUT2D eigenvalue weighted by Crippen LogP contribution is -2.39. The van der Waals surface area contributed by atoms with Crippen LogP contribution in [0.2, 0.25) is 0 Å². The second-order valence-corrected chi connectivity index (χ2v) is 8.71. The van der Waals surface area contributed by atoms with Gasteiger partial charge in [-0.2, -0.15) is 0 Å². The van der Waals surface area contributed by atoms with Crippen LogP contribution in [0, 0.1) is 25.7 Å². The number of aryl methyl sites for hydroxylation is 1. The molecular weight excluding hydrogens is 304 g/mol. The summed E-state index contributed by atoms with van der Waals surface area (Å²) in [5.74, 6) is 1.71. The summed E-state index contributed by atoms with van der Waals surface area (Å²) < 4.78 is 0. The Kier molecular flexibility index (Phi) is 6.44. The zero-order chi connectivity index (χ0) is 17.8. The summed E-state index contributed by atoms with van der Waals surface area (Å²) in [5.41, 5.74) is 4.32. The lowest BCUT2D eigenvalue weighted by atomic mass is 9.86. The molecule has 0 bridgehead atoms. The van der Waals surface area contributed by atoms with Gasteiger partial charge in [0.05, 0.1) is 0 Å². The van der Waals surface area contributed by atoms with Crippen LogP contribution in [0.5, 0.6) is 0 Å². The van der Waals surface area contributed by atoms with Crippen LogP contribution in [-0.4, -0.2) is 37.1 Å². The highest BCUT2D eigenvalue weighted by molar-refractivity contribution is 5.56. The molecule has 1 saturated carbocycles. The second-order valence-electron chi connectivity index (χ2n) is 8.71. The quantitative estimate of drug-likeness (QED) is 0.721. The van der Waals surface area contributed by atoms with E-state index in [1.165, 1.54) is 81.5 Å². The summed E-state index contributed by atoms with van der Waals surface area (Å²) >= 11 is 0. The number of nitrogens with zero attached hydrogens (tertiary/aromatic N) is 2. The zero-order valence-corrected chi connectivity index (χ0v) is 16.9. The molecule has 25 heavy (non-hydrogen) atoms. The number of hydrogen-bond donors (Lipinski definition) is 0. The molecule has 1 heterocycles. The largest absolute Gasteiger partial charge is 0.370 e. The predicted molar refractivity (Wildman–Crippen MR) is 110 cm³/mol. The van der Waals surface area contributed by atoms with E-state index < -0.39 is 0 Å². The van der Waals surface area contributed by atoms with Gasteiger partial charge in [-0.3, -0.25) is 4.90 Å². The Bertz CT molecular complexity index is 547. The summed E-state index contributed by atoms with van der Waals surface area (Å²) in [7, 11) is 0. The van der Waals surface area contributed by atoms with Crippen molar-refractivity contribution in [3.05, 3.63) is 29.3 Å². The Hall–Kier alpha value is -1.02. The van der Waals surface area contributed by atoms with Gasteiger partial charge in [0.1, 0.15) is 0 Å². The molecule has 0 aromatic heterocycles. The van der Waals surface area contributed by atoms with E-state index in [2.05, 4.69) is 55.7 Å². The molecule has 140 valence electrons. The summed E-state index contributed by atoms with van der Waals surface area (Å²) in [6.07, 6.45) is 8.78. The molecule has 3 rings (SSSR count). The number of benzene rings is 1. The maximum atomic E-state index is 2.78. The Morgan fingerprint density at radius 1 is 1.00 bits per heavy atom. The van der Waals surface area contributed by atoms with Crippen LogP contribution >= 0.6 is 0 Å². The molecule has 2 unspecified atom stereocenters. The van der Waals surface area contributed by atoms with Gasteiger partial charge in [0, 0.05) is 31.4 Å². The van der Waals surface area contributed by atoms with Crippen LogP contribution in [0.3, 0.4) is 0 Å². The molecule has 0 radical (unpaired) electrons. The fourth-order valence-electron chi connectivity index (χ4n) is 4.84. The van der Waals surface area contributed by atoms with E-state index in [1.807, 2.05) is 0 Å². The summed E-state index contributed by atoms with van der Waals surface area (Å²) in [5, 5.41) is 0. The van der Waals surface area contributed by atoms with Gasteiger partial charge in [-0.05, 0) is 62.8 Å². The fraction of sp³-hybridized carbons (Fsp3) is 0.739. The maximum absolute atomic E-state index is 2.78. The van der Waals surface area contributed by atoms with Gasteiger partial charge in [-0.15, -0.1) is 0 Å². The van der Waals surface area contributed by atoms with Crippen LogP contribution in [0.25, 0.3) is 0 Å². The van der Waals surface area contributed by atoms with Crippen molar-refractivity contribution in [2.45, 2.75) is 72.3 Å². The van der Waals surface area contributed by atoms with E-state index in [1.54, 1.807) is 0 Å². The first-order chi connectivity index (χ1) is 12.1. The van der Waals surface area contributed by atoms with E-state index in [4.69, 9.17) is 0 Å². The van der Waals surface area contributed by atoms with Crippen molar-refractivity contribution in [1.29, 1.82) is 0 Å². The minimum Gasteiger partial charge on any atom is -0.370 e. The predicted octanol–water partition coefficient (Wildman–Crippen LogP) is 5.42. The Balaban J connectivity index is 1.63. The highest BCUT2D eigenvalue weighted by atomic mass is 15.2. The Labute approximate surface area is 155 Å². The smallest absolute Gasteiger partial charge is 0.0399 e. The summed E-state index contributed by atoms with van der Waals surface area (Å²) in [6.45, 7) is 14.3. The molecule has 1 aromatic rings. The first-order valence-electron chi connectivity index (χ1n) is 10.6. The third-order valence-corrected chi connectivity index (χ3v) is 7.03. The average molecular weight is 343 g/mol. The minimum absolute atomic E-state index is 0.693. The maximum Gasteiger partial charge on any atom is 0.0399 e. The normalized spacial score (nSPS) is 26.6. The standard InChI is InChI=1S/C23H38N2/c1-18-9-8-12-23(20(18)3)25-16-15-24(21(4)19(2)17-25)14-13-22-10-6-5-7-11-22/h8-9,12,19,21-22H,5-7,10-11,13-17H2,1-4H3. The van der Waals surface area contributed by atoms with Crippen molar-refractivity contribution < 1.29 is 0 Å². The fourth-order valence-corrected chi connectivity index (χ4v) is 4.84. The molecule has 0 amide bonds. The van der Waals surface area contributed by atoms with E-state index >= 15 is 0 Å². The van der Waals surface area contributed by atoms with E-state index in [0.717, 1.165) is 5.92 Å². The molecule has 2 heteroatoms. The van der Waals surface area contributed by atoms with Crippen LogP contribution in [-0.2, 0) is 0 Å². The van der Waals surface area contributed by atoms with Crippen molar-refractivity contribution in [1.82, 2.24) is 4.90 Å². The molecule has 2 atom stereocenters. The van der Waals surface area contributed by atoms with Gasteiger partial charge in [-0.25, -0.2) is 0 Å². The highest BCUT2D eigenvalue weighted by Crippen LogP contribution is 2.29. The van der Waals surface area contributed by atoms with Crippen molar-refractivity contribution in [2.24, 2.45) is 11.8 Å². The van der Waals surface area contributed by atoms with Crippen LogP contribution in [0.15, 0.2) is 18.2 Å².